The Kier molecular flexibility index (Phi) is 4.05. The summed E-state index contributed by atoms with van der Waals surface area (Å²) >= 11 is 0. The van der Waals surface area contributed by atoms with Crippen LogP contribution in [0, 0.1) is 5.82 Å². The number of benzene rings is 2. The first-order valence-corrected chi connectivity index (χ1v) is 8.37. The largest absolute Gasteiger partial charge is 0.435 e. The minimum Gasteiger partial charge on any atom is -0.435 e. The van der Waals surface area contributed by atoms with Gasteiger partial charge in [-0.1, -0.05) is 12.1 Å². The summed E-state index contributed by atoms with van der Waals surface area (Å²) < 4.78 is 20.8. The van der Waals surface area contributed by atoms with Crippen LogP contribution in [0.1, 0.15) is 0 Å². The van der Waals surface area contributed by atoms with Gasteiger partial charge < -0.3 is 13.9 Å². The molecule has 0 fully saturated rings. The fourth-order valence-corrected chi connectivity index (χ4v) is 3.02. The number of nitrogens with zero attached hydrogens (tertiary/aromatic N) is 3. The second-order valence-corrected chi connectivity index (χ2v) is 6.48. The number of aromatic nitrogens is 2. The van der Waals surface area contributed by atoms with Crippen molar-refractivity contribution in [1.29, 1.82) is 0 Å². The summed E-state index contributed by atoms with van der Waals surface area (Å²) in [5.41, 5.74) is 2.02. The number of halogens is 1. The maximum Gasteiger partial charge on any atom is 0.280 e. The van der Waals surface area contributed by atoms with E-state index in [1.54, 1.807) is 16.7 Å². The number of para-hydroxylation sites is 1. The van der Waals surface area contributed by atoms with Gasteiger partial charge in [0.05, 0.1) is 5.52 Å². The number of pyridine rings is 1. The SMILES string of the molecule is CN(C)CCn1c(=O)c2nc(-c3ccc(F)cc3)oc2c2ccccc21. The molecule has 0 spiro atoms. The predicted octanol–water partition coefficient (Wildman–Crippen LogP) is 3.51. The Morgan fingerprint density at radius 3 is 2.58 bits per heavy atom. The lowest BCUT2D eigenvalue weighted by Crippen LogP contribution is -2.27. The number of likely N-dealkylation sites (N-methyl/N-ethyl adjacent to an activating group) is 1. The predicted molar refractivity (Wildman–Crippen MR) is 99.7 cm³/mol. The highest BCUT2D eigenvalue weighted by molar-refractivity contribution is 6.01. The Balaban J connectivity index is 1.97. The maximum absolute atomic E-state index is 13.2. The van der Waals surface area contributed by atoms with Crippen LogP contribution in [0.4, 0.5) is 4.39 Å². The minimum absolute atomic E-state index is 0.183. The van der Waals surface area contributed by atoms with E-state index in [-0.39, 0.29) is 11.4 Å². The molecule has 0 aliphatic heterocycles. The highest BCUT2D eigenvalue weighted by Gasteiger charge is 2.17. The number of hydrogen-bond acceptors (Lipinski definition) is 4. The van der Waals surface area contributed by atoms with Crippen LogP contribution in [0.5, 0.6) is 0 Å². The zero-order chi connectivity index (χ0) is 18.3. The maximum atomic E-state index is 13.2. The van der Waals surface area contributed by atoms with Gasteiger partial charge in [0.15, 0.2) is 11.1 Å². The number of oxazole rings is 1. The number of rotatable bonds is 4. The van der Waals surface area contributed by atoms with Crippen LogP contribution in [0.25, 0.3) is 33.5 Å². The summed E-state index contributed by atoms with van der Waals surface area (Å²) in [7, 11) is 3.93. The van der Waals surface area contributed by atoms with Crippen molar-refractivity contribution in [1.82, 2.24) is 14.5 Å². The van der Waals surface area contributed by atoms with Crippen LogP contribution in [-0.4, -0.2) is 35.1 Å². The topological polar surface area (TPSA) is 51.3 Å². The van der Waals surface area contributed by atoms with Gasteiger partial charge in [-0.05, 0) is 50.5 Å². The van der Waals surface area contributed by atoms with Crippen LogP contribution in [0.3, 0.4) is 0 Å². The molecule has 6 heteroatoms. The molecule has 2 aromatic heterocycles. The van der Waals surface area contributed by atoms with Gasteiger partial charge in [0.25, 0.3) is 5.56 Å². The third kappa shape index (κ3) is 2.78. The molecule has 0 unspecified atom stereocenters. The molecule has 4 aromatic rings. The Labute approximate surface area is 149 Å². The summed E-state index contributed by atoms with van der Waals surface area (Å²) in [6.07, 6.45) is 0. The van der Waals surface area contributed by atoms with Crippen molar-refractivity contribution in [3.8, 4) is 11.5 Å². The molecule has 4 rings (SSSR count). The van der Waals surface area contributed by atoms with Crippen LogP contribution in [-0.2, 0) is 6.54 Å². The Hall–Kier alpha value is -2.99. The molecule has 0 saturated heterocycles. The highest BCUT2D eigenvalue weighted by Crippen LogP contribution is 2.28. The Bertz CT molecular complexity index is 1140. The first-order chi connectivity index (χ1) is 12.5. The zero-order valence-corrected chi connectivity index (χ0v) is 14.6. The number of hydrogen-bond donors (Lipinski definition) is 0. The molecule has 0 aliphatic rings. The van der Waals surface area contributed by atoms with E-state index in [1.807, 2.05) is 43.3 Å². The summed E-state index contributed by atoms with van der Waals surface area (Å²) in [6, 6.07) is 13.5. The Morgan fingerprint density at radius 1 is 1.12 bits per heavy atom. The molecule has 2 heterocycles. The molecule has 2 aromatic carbocycles. The van der Waals surface area contributed by atoms with E-state index < -0.39 is 0 Å². The molecule has 0 radical (unpaired) electrons. The molecule has 132 valence electrons. The molecule has 26 heavy (non-hydrogen) atoms. The second-order valence-electron chi connectivity index (χ2n) is 6.48. The first-order valence-electron chi connectivity index (χ1n) is 8.37. The lowest BCUT2D eigenvalue weighted by atomic mass is 10.2. The second kappa shape index (κ2) is 6.38. The van der Waals surface area contributed by atoms with Crippen LogP contribution in [0.15, 0.2) is 57.7 Å². The summed E-state index contributed by atoms with van der Waals surface area (Å²) in [6.45, 7) is 1.29. The Morgan fingerprint density at radius 2 is 1.85 bits per heavy atom. The van der Waals surface area contributed by atoms with Gasteiger partial charge in [0, 0.05) is 24.0 Å². The van der Waals surface area contributed by atoms with Crippen molar-refractivity contribution in [2.24, 2.45) is 0 Å². The van der Waals surface area contributed by atoms with Gasteiger partial charge in [0.1, 0.15) is 5.82 Å². The van der Waals surface area contributed by atoms with Crippen molar-refractivity contribution in [2.45, 2.75) is 6.54 Å². The van der Waals surface area contributed by atoms with Crippen molar-refractivity contribution in [3.63, 3.8) is 0 Å². The van der Waals surface area contributed by atoms with E-state index in [4.69, 9.17) is 4.42 Å². The van der Waals surface area contributed by atoms with Crippen molar-refractivity contribution in [2.75, 3.05) is 20.6 Å². The standard InChI is InChI=1S/C20H18FN3O2/c1-23(2)11-12-24-16-6-4-3-5-15(16)18-17(20(24)25)22-19(26-18)13-7-9-14(21)10-8-13/h3-10H,11-12H2,1-2H3. The highest BCUT2D eigenvalue weighted by atomic mass is 19.1. The lowest BCUT2D eigenvalue weighted by molar-refractivity contribution is 0.384. The molecule has 0 N–H and O–H groups in total. The van der Waals surface area contributed by atoms with Gasteiger partial charge in [0.2, 0.25) is 5.89 Å². The molecule has 5 nitrogen and oxygen atoms in total. The summed E-state index contributed by atoms with van der Waals surface area (Å²) in [5.74, 6) is -0.0195. The minimum atomic E-state index is -0.332. The van der Waals surface area contributed by atoms with Gasteiger partial charge >= 0.3 is 0 Å². The molecular formula is C20H18FN3O2. The van der Waals surface area contributed by atoms with Gasteiger partial charge in [-0.3, -0.25) is 4.79 Å². The average Bonchev–Trinajstić information content (AvgIpc) is 3.08. The first kappa shape index (κ1) is 16.5. The van der Waals surface area contributed by atoms with Crippen LogP contribution >= 0.6 is 0 Å². The van der Waals surface area contributed by atoms with E-state index in [0.29, 0.717) is 29.1 Å². The third-order valence-corrected chi connectivity index (χ3v) is 4.38. The normalized spacial score (nSPS) is 11.7. The zero-order valence-electron chi connectivity index (χ0n) is 14.6. The van der Waals surface area contributed by atoms with E-state index >= 15 is 0 Å². The van der Waals surface area contributed by atoms with Crippen molar-refractivity contribution in [3.05, 3.63) is 64.7 Å². The third-order valence-electron chi connectivity index (χ3n) is 4.38. The van der Waals surface area contributed by atoms with E-state index in [0.717, 1.165) is 17.4 Å². The van der Waals surface area contributed by atoms with Crippen LogP contribution in [0.2, 0.25) is 0 Å². The van der Waals surface area contributed by atoms with Gasteiger partial charge in [-0.15, -0.1) is 0 Å². The summed E-state index contributed by atoms with van der Waals surface area (Å²) in [5, 5.41) is 0.835. The molecule has 0 amide bonds. The number of fused-ring (bicyclic) bond motifs is 3. The van der Waals surface area contributed by atoms with E-state index in [1.165, 1.54) is 12.1 Å². The fourth-order valence-electron chi connectivity index (χ4n) is 3.02. The van der Waals surface area contributed by atoms with Crippen molar-refractivity contribution >= 4 is 22.0 Å². The molecule has 0 atom stereocenters. The summed E-state index contributed by atoms with van der Waals surface area (Å²) in [4.78, 5) is 19.5. The van der Waals surface area contributed by atoms with Gasteiger partial charge in [-0.2, -0.15) is 0 Å². The van der Waals surface area contributed by atoms with E-state index in [2.05, 4.69) is 4.98 Å². The monoisotopic (exact) mass is 351 g/mol. The lowest BCUT2D eigenvalue weighted by Gasteiger charge is -2.13. The van der Waals surface area contributed by atoms with Gasteiger partial charge in [-0.25, -0.2) is 9.37 Å². The molecular weight excluding hydrogens is 333 g/mol. The van der Waals surface area contributed by atoms with Crippen LogP contribution < -0.4 is 5.56 Å². The average molecular weight is 351 g/mol. The fraction of sp³-hybridized carbons (Fsp3) is 0.200. The van der Waals surface area contributed by atoms with E-state index in [9.17, 15) is 9.18 Å². The smallest absolute Gasteiger partial charge is 0.280 e. The van der Waals surface area contributed by atoms with Crippen molar-refractivity contribution < 1.29 is 8.81 Å². The quantitative estimate of drug-likeness (QED) is 0.565. The molecule has 0 saturated carbocycles. The molecule has 0 bridgehead atoms. The molecule has 0 aliphatic carbocycles.